The van der Waals surface area contributed by atoms with Gasteiger partial charge in [0.15, 0.2) is 5.01 Å². The van der Waals surface area contributed by atoms with E-state index in [1.165, 1.54) is 16.9 Å². The Morgan fingerprint density at radius 1 is 1.39 bits per heavy atom. The third kappa shape index (κ3) is 3.43. The lowest BCUT2D eigenvalue weighted by Crippen LogP contribution is -1.95. The molecule has 0 fully saturated rings. The summed E-state index contributed by atoms with van der Waals surface area (Å²) in [6.07, 6.45) is 0. The molecule has 4 nitrogen and oxygen atoms in total. The number of hydrogen-bond donors (Lipinski definition) is 1. The molecule has 96 valence electrons. The first-order valence-corrected chi connectivity index (χ1v) is 7.25. The summed E-state index contributed by atoms with van der Waals surface area (Å²) in [5.41, 5.74) is 1.19. The molecule has 0 radical (unpaired) electrons. The van der Waals surface area contributed by atoms with E-state index in [4.69, 9.17) is 4.74 Å². The quantitative estimate of drug-likeness (QED) is 0.911. The number of anilines is 1. The van der Waals surface area contributed by atoms with Gasteiger partial charge in [-0.3, -0.25) is 0 Å². The normalized spacial score (nSPS) is 10.4. The molecule has 0 aliphatic heterocycles. The molecule has 0 amide bonds. The molecule has 1 aromatic heterocycles. The number of rotatable bonds is 5. The highest BCUT2D eigenvalue weighted by Crippen LogP contribution is 2.27. The van der Waals surface area contributed by atoms with Crippen molar-refractivity contribution in [2.75, 3.05) is 11.9 Å². The lowest BCUT2D eigenvalue weighted by atomic mass is 10.2. The van der Waals surface area contributed by atoms with Crippen molar-refractivity contribution >= 4 is 32.4 Å². The first-order valence-electron chi connectivity index (χ1n) is 5.64. The Morgan fingerprint density at radius 2 is 2.22 bits per heavy atom. The van der Waals surface area contributed by atoms with Gasteiger partial charge in [-0.1, -0.05) is 17.4 Å². The van der Waals surface area contributed by atoms with E-state index in [-0.39, 0.29) is 0 Å². The summed E-state index contributed by atoms with van der Waals surface area (Å²) in [5.74, 6) is 0.820. The summed E-state index contributed by atoms with van der Waals surface area (Å²) in [6, 6.07) is 6.00. The number of ether oxygens (including phenoxy) is 1. The Kier molecular flexibility index (Phi) is 4.54. The second kappa shape index (κ2) is 6.15. The highest BCUT2D eigenvalue weighted by Gasteiger charge is 2.06. The fraction of sp³-hybridized carbons (Fsp3) is 0.333. The minimum absolute atomic E-state index is 0.435. The van der Waals surface area contributed by atoms with Crippen LogP contribution in [0.5, 0.6) is 5.75 Å². The van der Waals surface area contributed by atoms with Gasteiger partial charge in [0.2, 0.25) is 5.13 Å². The van der Waals surface area contributed by atoms with E-state index in [0.717, 1.165) is 26.9 Å². The number of halogens is 1. The molecule has 0 unspecified atom stereocenters. The standard InChI is InChI=1S/C12H14BrN3OS/c1-3-14-12-16-15-11(18-12)7-17-10-5-4-8(2)6-9(10)13/h4-6H,3,7H2,1-2H3,(H,14,16). The van der Waals surface area contributed by atoms with Gasteiger partial charge in [0.25, 0.3) is 0 Å². The van der Waals surface area contributed by atoms with E-state index in [1.54, 1.807) is 0 Å². The molecule has 0 spiro atoms. The minimum Gasteiger partial charge on any atom is -0.485 e. The van der Waals surface area contributed by atoms with Gasteiger partial charge in [0.1, 0.15) is 12.4 Å². The van der Waals surface area contributed by atoms with Crippen molar-refractivity contribution in [3.05, 3.63) is 33.2 Å². The van der Waals surface area contributed by atoms with Gasteiger partial charge in [0, 0.05) is 6.54 Å². The van der Waals surface area contributed by atoms with Gasteiger partial charge in [-0.15, -0.1) is 10.2 Å². The maximum Gasteiger partial charge on any atom is 0.205 e. The zero-order valence-electron chi connectivity index (χ0n) is 10.2. The van der Waals surface area contributed by atoms with Gasteiger partial charge >= 0.3 is 0 Å². The highest BCUT2D eigenvalue weighted by atomic mass is 79.9. The molecule has 0 saturated carbocycles. The number of benzene rings is 1. The van der Waals surface area contributed by atoms with Crippen LogP contribution < -0.4 is 10.1 Å². The fourth-order valence-corrected chi connectivity index (χ4v) is 2.73. The van der Waals surface area contributed by atoms with Crippen LogP contribution in [-0.4, -0.2) is 16.7 Å². The van der Waals surface area contributed by atoms with Crippen molar-refractivity contribution in [1.29, 1.82) is 0 Å². The molecule has 1 heterocycles. The Labute approximate surface area is 119 Å². The van der Waals surface area contributed by atoms with Crippen molar-refractivity contribution in [3.8, 4) is 5.75 Å². The van der Waals surface area contributed by atoms with Crippen LogP contribution in [0.4, 0.5) is 5.13 Å². The predicted octanol–water partition coefficient (Wildman–Crippen LogP) is 3.62. The second-order valence-electron chi connectivity index (χ2n) is 3.75. The third-order valence-electron chi connectivity index (χ3n) is 2.23. The van der Waals surface area contributed by atoms with Gasteiger partial charge in [-0.25, -0.2) is 0 Å². The molecular weight excluding hydrogens is 314 g/mol. The van der Waals surface area contributed by atoms with Crippen LogP contribution in [0.25, 0.3) is 0 Å². The van der Waals surface area contributed by atoms with Gasteiger partial charge in [-0.2, -0.15) is 0 Å². The van der Waals surface area contributed by atoms with Crippen LogP contribution in [-0.2, 0) is 6.61 Å². The molecule has 2 aromatic rings. The largest absolute Gasteiger partial charge is 0.485 e. The number of nitrogens with one attached hydrogen (secondary N) is 1. The van der Waals surface area contributed by atoms with Crippen molar-refractivity contribution < 1.29 is 4.74 Å². The SMILES string of the molecule is CCNc1nnc(COc2ccc(C)cc2Br)s1. The fourth-order valence-electron chi connectivity index (χ4n) is 1.40. The molecule has 18 heavy (non-hydrogen) atoms. The van der Waals surface area contributed by atoms with Crippen molar-refractivity contribution in [2.24, 2.45) is 0 Å². The number of hydrogen-bond acceptors (Lipinski definition) is 5. The predicted molar refractivity (Wildman–Crippen MR) is 77.3 cm³/mol. The van der Waals surface area contributed by atoms with Gasteiger partial charge < -0.3 is 10.1 Å². The lowest BCUT2D eigenvalue weighted by molar-refractivity contribution is 0.302. The summed E-state index contributed by atoms with van der Waals surface area (Å²) >= 11 is 4.99. The zero-order valence-corrected chi connectivity index (χ0v) is 12.6. The van der Waals surface area contributed by atoms with E-state index < -0.39 is 0 Å². The highest BCUT2D eigenvalue weighted by molar-refractivity contribution is 9.10. The van der Waals surface area contributed by atoms with Crippen molar-refractivity contribution in [2.45, 2.75) is 20.5 Å². The molecule has 0 saturated heterocycles. The number of nitrogens with zero attached hydrogens (tertiary/aromatic N) is 2. The molecule has 6 heteroatoms. The van der Waals surface area contributed by atoms with E-state index in [1.807, 2.05) is 32.0 Å². The van der Waals surface area contributed by atoms with Crippen LogP contribution in [0.15, 0.2) is 22.7 Å². The average Bonchev–Trinajstić information content (AvgIpc) is 2.76. The summed E-state index contributed by atoms with van der Waals surface area (Å²) in [4.78, 5) is 0. The molecular formula is C12H14BrN3OS. The Morgan fingerprint density at radius 3 is 2.94 bits per heavy atom. The minimum atomic E-state index is 0.435. The molecule has 2 rings (SSSR count). The summed E-state index contributed by atoms with van der Waals surface area (Å²) in [5, 5.41) is 12.9. The van der Waals surface area contributed by atoms with E-state index in [9.17, 15) is 0 Å². The summed E-state index contributed by atoms with van der Waals surface area (Å²) < 4.78 is 6.66. The third-order valence-corrected chi connectivity index (χ3v) is 3.71. The first-order chi connectivity index (χ1) is 8.69. The van der Waals surface area contributed by atoms with Crippen LogP contribution in [0.3, 0.4) is 0 Å². The first kappa shape index (κ1) is 13.3. The van der Waals surface area contributed by atoms with Gasteiger partial charge in [-0.05, 0) is 47.5 Å². The van der Waals surface area contributed by atoms with Crippen LogP contribution in [0.1, 0.15) is 17.5 Å². The topological polar surface area (TPSA) is 47.0 Å². The molecule has 1 N–H and O–H groups in total. The number of aromatic nitrogens is 2. The Balaban J connectivity index is 1.97. The van der Waals surface area contributed by atoms with E-state index in [2.05, 4.69) is 31.4 Å². The lowest BCUT2D eigenvalue weighted by Gasteiger charge is -2.06. The second-order valence-corrected chi connectivity index (χ2v) is 5.67. The monoisotopic (exact) mass is 327 g/mol. The van der Waals surface area contributed by atoms with Crippen LogP contribution in [0, 0.1) is 6.92 Å². The van der Waals surface area contributed by atoms with Crippen LogP contribution in [0.2, 0.25) is 0 Å². The molecule has 0 aliphatic rings. The maximum atomic E-state index is 5.70. The average molecular weight is 328 g/mol. The molecule has 0 bridgehead atoms. The van der Waals surface area contributed by atoms with E-state index >= 15 is 0 Å². The van der Waals surface area contributed by atoms with Crippen molar-refractivity contribution in [1.82, 2.24) is 10.2 Å². The molecule has 0 aliphatic carbocycles. The van der Waals surface area contributed by atoms with Crippen LogP contribution >= 0.6 is 27.3 Å². The Hall–Kier alpha value is -1.14. The zero-order chi connectivity index (χ0) is 13.0. The summed E-state index contributed by atoms with van der Waals surface area (Å²) in [7, 11) is 0. The maximum absolute atomic E-state index is 5.70. The summed E-state index contributed by atoms with van der Waals surface area (Å²) in [6.45, 7) is 5.35. The molecule has 1 aromatic carbocycles. The van der Waals surface area contributed by atoms with E-state index in [0.29, 0.717) is 6.61 Å². The smallest absolute Gasteiger partial charge is 0.205 e. The van der Waals surface area contributed by atoms with Crippen molar-refractivity contribution in [3.63, 3.8) is 0 Å². The molecule has 0 atom stereocenters. The van der Waals surface area contributed by atoms with Gasteiger partial charge in [0.05, 0.1) is 4.47 Å². The number of aryl methyl sites for hydroxylation is 1. The Bertz CT molecular complexity index is 530.